The van der Waals surface area contributed by atoms with E-state index in [1.54, 1.807) is 7.11 Å². The first-order chi connectivity index (χ1) is 12.2. The summed E-state index contributed by atoms with van der Waals surface area (Å²) in [7, 11) is 1.67. The summed E-state index contributed by atoms with van der Waals surface area (Å²) in [4.78, 5) is 31.3. The van der Waals surface area contributed by atoms with Crippen molar-refractivity contribution < 1.29 is 14.3 Å². The van der Waals surface area contributed by atoms with Crippen LogP contribution in [0.3, 0.4) is 0 Å². The lowest BCUT2D eigenvalue weighted by Gasteiger charge is -2.38. The molecule has 6 nitrogen and oxygen atoms in total. The Morgan fingerprint density at radius 3 is 2.44 bits per heavy atom. The van der Waals surface area contributed by atoms with Gasteiger partial charge in [-0.3, -0.25) is 14.5 Å². The van der Waals surface area contributed by atoms with Gasteiger partial charge in [0.15, 0.2) is 0 Å². The van der Waals surface area contributed by atoms with E-state index in [1.165, 1.54) is 32.1 Å². The van der Waals surface area contributed by atoms with Crippen LogP contribution in [0.15, 0.2) is 0 Å². The maximum atomic E-state index is 12.5. The predicted molar refractivity (Wildman–Crippen MR) is 96.2 cm³/mol. The van der Waals surface area contributed by atoms with Gasteiger partial charge in [-0.15, -0.1) is 0 Å². The number of hydrogen-bond donors (Lipinski definition) is 0. The molecule has 142 valence electrons. The molecule has 1 unspecified atom stereocenters. The Hall–Kier alpha value is -1.14. The minimum Gasteiger partial charge on any atom is -0.383 e. The van der Waals surface area contributed by atoms with Crippen molar-refractivity contribution in [1.29, 1.82) is 0 Å². The highest BCUT2D eigenvalue weighted by Crippen LogP contribution is 2.27. The Balaban J connectivity index is 1.42. The van der Waals surface area contributed by atoms with E-state index in [4.69, 9.17) is 4.74 Å². The minimum atomic E-state index is 0.00690. The van der Waals surface area contributed by atoms with Gasteiger partial charge in [0.1, 0.15) is 0 Å². The predicted octanol–water partition coefficient (Wildman–Crippen LogP) is 1.35. The third kappa shape index (κ3) is 4.73. The lowest BCUT2D eigenvalue weighted by Crippen LogP contribution is -2.54. The van der Waals surface area contributed by atoms with E-state index in [0.29, 0.717) is 25.0 Å². The van der Waals surface area contributed by atoms with Crippen molar-refractivity contribution in [2.75, 3.05) is 53.0 Å². The van der Waals surface area contributed by atoms with Crippen molar-refractivity contribution in [3.63, 3.8) is 0 Å². The molecule has 2 aliphatic heterocycles. The van der Waals surface area contributed by atoms with Gasteiger partial charge in [-0.2, -0.15) is 0 Å². The van der Waals surface area contributed by atoms with Crippen molar-refractivity contribution >= 4 is 11.8 Å². The molecule has 3 aliphatic rings. The standard InChI is InChI=1S/C19H33N3O3/c1-25-14-13-22-8-7-17(19(22)24)20-9-11-21(12-10-20)18(23)15-16-5-3-2-4-6-16/h16-17H,2-15H2,1H3. The van der Waals surface area contributed by atoms with Gasteiger partial charge in [0.2, 0.25) is 11.8 Å². The van der Waals surface area contributed by atoms with Crippen LogP contribution in [0, 0.1) is 5.92 Å². The van der Waals surface area contributed by atoms with Crippen LogP contribution in [-0.4, -0.2) is 85.5 Å². The summed E-state index contributed by atoms with van der Waals surface area (Å²) in [5, 5.41) is 0. The number of carbonyl (C=O) groups excluding carboxylic acids is 2. The van der Waals surface area contributed by atoms with Gasteiger partial charge in [-0.25, -0.2) is 0 Å². The van der Waals surface area contributed by atoms with E-state index in [1.807, 2.05) is 9.80 Å². The van der Waals surface area contributed by atoms with Gasteiger partial charge in [0.25, 0.3) is 0 Å². The Bertz CT molecular complexity index is 457. The molecule has 2 amide bonds. The fourth-order valence-electron chi connectivity index (χ4n) is 4.54. The second-order valence-corrected chi connectivity index (χ2v) is 7.75. The summed E-state index contributed by atoms with van der Waals surface area (Å²) in [6.45, 7) is 5.30. The molecule has 1 atom stereocenters. The topological polar surface area (TPSA) is 53.1 Å². The lowest BCUT2D eigenvalue weighted by molar-refractivity contribution is -0.136. The number of methoxy groups -OCH3 is 1. The number of hydrogen-bond acceptors (Lipinski definition) is 4. The van der Waals surface area contributed by atoms with Crippen LogP contribution in [0.5, 0.6) is 0 Å². The van der Waals surface area contributed by atoms with Gasteiger partial charge >= 0.3 is 0 Å². The first-order valence-electron chi connectivity index (χ1n) is 9.98. The monoisotopic (exact) mass is 351 g/mol. The second-order valence-electron chi connectivity index (χ2n) is 7.75. The molecule has 1 aliphatic carbocycles. The zero-order valence-electron chi connectivity index (χ0n) is 15.6. The van der Waals surface area contributed by atoms with Gasteiger partial charge in [0.05, 0.1) is 12.6 Å². The van der Waals surface area contributed by atoms with Gasteiger partial charge < -0.3 is 14.5 Å². The molecule has 0 radical (unpaired) electrons. The number of ether oxygens (including phenoxy) is 1. The number of rotatable bonds is 6. The molecular weight excluding hydrogens is 318 g/mol. The maximum Gasteiger partial charge on any atom is 0.240 e. The van der Waals surface area contributed by atoms with Crippen LogP contribution in [0.2, 0.25) is 0 Å². The zero-order valence-corrected chi connectivity index (χ0v) is 15.6. The van der Waals surface area contributed by atoms with Gasteiger partial charge in [0, 0.05) is 52.8 Å². The van der Waals surface area contributed by atoms with E-state index in [-0.39, 0.29) is 11.9 Å². The molecular formula is C19H33N3O3. The van der Waals surface area contributed by atoms with E-state index in [2.05, 4.69) is 4.90 Å². The Morgan fingerprint density at radius 2 is 1.76 bits per heavy atom. The molecule has 0 spiro atoms. The first-order valence-corrected chi connectivity index (χ1v) is 9.98. The highest BCUT2D eigenvalue weighted by Gasteiger charge is 2.37. The van der Waals surface area contributed by atoms with Crippen molar-refractivity contribution in [3.8, 4) is 0 Å². The summed E-state index contributed by atoms with van der Waals surface area (Å²) in [5.41, 5.74) is 0. The zero-order chi connectivity index (χ0) is 17.6. The third-order valence-corrected chi connectivity index (χ3v) is 6.13. The average Bonchev–Trinajstić information content (AvgIpc) is 3.01. The highest BCUT2D eigenvalue weighted by molar-refractivity contribution is 5.84. The van der Waals surface area contributed by atoms with E-state index in [9.17, 15) is 9.59 Å². The van der Waals surface area contributed by atoms with Crippen LogP contribution in [0.1, 0.15) is 44.9 Å². The fraction of sp³-hybridized carbons (Fsp3) is 0.895. The largest absolute Gasteiger partial charge is 0.383 e. The number of likely N-dealkylation sites (tertiary alicyclic amines) is 1. The normalized spacial score (nSPS) is 26.4. The Labute approximate surface area is 151 Å². The summed E-state index contributed by atoms with van der Waals surface area (Å²) in [5.74, 6) is 1.16. The summed E-state index contributed by atoms with van der Waals surface area (Å²) in [6, 6.07) is 0.00690. The molecule has 2 saturated heterocycles. The van der Waals surface area contributed by atoms with Crippen molar-refractivity contribution in [2.24, 2.45) is 5.92 Å². The van der Waals surface area contributed by atoms with Crippen LogP contribution in [-0.2, 0) is 14.3 Å². The highest BCUT2D eigenvalue weighted by atomic mass is 16.5. The fourth-order valence-corrected chi connectivity index (χ4v) is 4.54. The SMILES string of the molecule is COCCN1CCC(N2CCN(C(=O)CC3CCCCC3)CC2)C1=O. The lowest BCUT2D eigenvalue weighted by atomic mass is 9.86. The molecule has 0 aromatic rings. The molecule has 25 heavy (non-hydrogen) atoms. The Kier molecular flexibility index (Phi) is 6.70. The van der Waals surface area contributed by atoms with Gasteiger partial charge in [-0.05, 0) is 25.2 Å². The molecule has 3 fully saturated rings. The smallest absolute Gasteiger partial charge is 0.240 e. The molecule has 0 aromatic carbocycles. The maximum absolute atomic E-state index is 12.5. The molecule has 6 heteroatoms. The first kappa shape index (κ1) is 18.6. The van der Waals surface area contributed by atoms with Gasteiger partial charge in [-0.1, -0.05) is 19.3 Å². The third-order valence-electron chi connectivity index (χ3n) is 6.13. The molecule has 0 N–H and O–H groups in total. The summed E-state index contributed by atoms with van der Waals surface area (Å²) in [6.07, 6.45) is 7.98. The molecule has 0 aromatic heterocycles. The molecule has 0 bridgehead atoms. The molecule has 1 saturated carbocycles. The van der Waals surface area contributed by atoms with Crippen LogP contribution < -0.4 is 0 Å². The summed E-state index contributed by atoms with van der Waals surface area (Å²) < 4.78 is 5.08. The van der Waals surface area contributed by atoms with E-state index >= 15 is 0 Å². The number of nitrogens with zero attached hydrogens (tertiary/aromatic N) is 3. The number of amides is 2. The van der Waals surface area contributed by atoms with Crippen LogP contribution in [0.25, 0.3) is 0 Å². The number of piperazine rings is 1. The molecule has 3 rings (SSSR count). The van der Waals surface area contributed by atoms with Crippen molar-refractivity contribution in [2.45, 2.75) is 51.0 Å². The average molecular weight is 351 g/mol. The quantitative estimate of drug-likeness (QED) is 0.725. The minimum absolute atomic E-state index is 0.00690. The summed E-state index contributed by atoms with van der Waals surface area (Å²) >= 11 is 0. The Morgan fingerprint density at radius 1 is 1.04 bits per heavy atom. The van der Waals surface area contributed by atoms with E-state index < -0.39 is 0 Å². The van der Waals surface area contributed by atoms with E-state index in [0.717, 1.165) is 45.6 Å². The van der Waals surface area contributed by atoms with Crippen LogP contribution >= 0.6 is 0 Å². The number of carbonyl (C=O) groups is 2. The van der Waals surface area contributed by atoms with Crippen molar-refractivity contribution in [1.82, 2.24) is 14.7 Å². The molecule has 2 heterocycles. The van der Waals surface area contributed by atoms with Crippen LogP contribution in [0.4, 0.5) is 0 Å². The second kappa shape index (κ2) is 8.99. The van der Waals surface area contributed by atoms with Crippen molar-refractivity contribution in [3.05, 3.63) is 0 Å².